The van der Waals surface area contributed by atoms with Crippen molar-refractivity contribution in [1.82, 2.24) is 15.0 Å². The second-order valence-corrected chi connectivity index (χ2v) is 4.61. The van der Waals surface area contributed by atoms with Crippen LogP contribution >= 0.6 is 11.8 Å². The third-order valence-corrected chi connectivity index (χ3v) is 2.87. The number of rotatable bonds is 2. The first-order chi connectivity index (χ1) is 7.61. The monoisotopic (exact) mass is 235 g/mol. The van der Waals surface area contributed by atoms with Crippen LogP contribution in [0.4, 0.5) is 0 Å². The van der Waals surface area contributed by atoms with Gasteiger partial charge in [0.2, 0.25) is 5.56 Å². The van der Waals surface area contributed by atoms with Gasteiger partial charge >= 0.3 is 0 Å². The van der Waals surface area contributed by atoms with Gasteiger partial charge in [-0.1, -0.05) is 25.6 Å². The molecule has 0 aliphatic rings. The van der Waals surface area contributed by atoms with Crippen LogP contribution in [-0.4, -0.2) is 21.2 Å². The molecule has 2 aromatic rings. The van der Waals surface area contributed by atoms with Crippen molar-refractivity contribution in [2.75, 3.05) is 6.26 Å². The predicted molar refractivity (Wildman–Crippen MR) is 66.0 cm³/mol. The number of aromatic amines is 1. The lowest BCUT2D eigenvalue weighted by Crippen LogP contribution is -2.07. The Morgan fingerprint density at radius 2 is 2.06 bits per heavy atom. The van der Waals surface area contributed by atoms with Crippen molar-refractivity contribution in [3.05, 3.63) is 28.2 Å². The van der Waals surface area contributed by atoms with Crippen molar-refractivity contribution in [3.8, 4) is 0 Å². The maximum Gasteiger partial charge on any atom is 0.249 e. The van der Waals surface area contributed by atoms with Gasteiger partial charge in [-0.15, -0.1) is 0 Å². The summed E-state index contributed by atoms with van der Waals surface area (Å²) < 4.78 is 0. The van der Waals surface area contributed by atoms with Gasteiger partial charge < -0.3 is 4.98 Å². The molecule has 0 spiro atoms. The summed E-state index contributed by atoms with van der Waals surface area (Å²) in [6.07, 6.45) is 1.92. The molecule has 0 aromatic carbocycles. The summed E-state index contributed by atoms with van der Waals surface area (Å²) in [5.74, 6) is 0.308. The Balaban J connectivity index is 2.81. The molecule has 0 saturated carbocycles. The number of H-pyrrole nitrogens is 1. The number of hydrogen-bond donors (Lipinski definition) is 1. The zero-order valence-electron chi connectivity index (χ0n) is 9.44. The van der Waals surface area contributed by atoms with E-state index in [2.05, 4.69) is 28.8 Å². The molecular formula is C11H13N3OS. The summed E-state index contributed by atoms with van der Waals surface area (Å²) in [4.78, 5) is 22.8. The van der Waals surface area contributed by atoms with E-state index in [9.17, 15) is 4.79 Å². The van der Waals surface area contributed by atoms with E-state index >= 15 is 0 Å². The topological polar surface area (TPSA) is 58.6 Å². The Morgan fingerprint density at radius 3 is 2.69 bits per heavy atom. The zero-order valence-corrected chi connectivity index (χ0v) is 10.3. The molecule has 2 rings (SSSR count). The Hall–Kier alpha value is -1.36. The molecule has 2 aromatic heterocycles. The molecule has 0 unspecified atom stereocenters. The van der Waals surface area contributed by atoms with Crippen LogP contribution < -0.4 is 5.56 Å². The summed E-state index contributed by atoms with van der Waals surface area (Å²) in [5, 5.41) is 1.62. The van der Waals surface area contributed by atoms with Crippen molar-refractivity contribution in [3.63, 3.8) is 0 Å². The maximum absolute atomic E-state index is 11.2. The van der Waals surface area contributed by atoms with Crippen molar-refractivity contribution in [2.24, 2.45) is 0 Å². The highest BCUT2D eigenvalue weighted by molar-refractivity contribution is 7.98. The van der Waals surface area contributed by atoms with E-state index in [1.165, 1.54) is 17.8 Å². The minimum atomic E-state index is -0.132. The normalized spacial score (nSPS) is 11.2. The minimum absolute atomic E-state index is 0.132. The molecule has 0 radical (unpaired) electrons. The molecule has 0 atom stereocenters. The molecule has 84 valence electrons. The van der Waals surface area contributed by atoms with Gasteiger partial charge in [-0.2, -0.15) is 0 Å². The Labute approximate surface area is 97.5 Å². The van der Waals surface area contributed by atoms with Crippen LogP contribution in [0.15, 0.2) is 22.1 Å². The average Bonchev–Trinajstić information content (AvgIpc) is 2.26. The number of aromatic nitrogens is 3. The van der Waals surface area contributed by atoms with E-state index in [0.29, 0.717) is 16.7 Å². The molecule has 0 saturated heterocycles. The second-order valence-electron chi connectivity index (χ2n) is 3.84. The van der Waals surface area contributed by atoms with Crippen molar-refractivity contribution >= 4 is 22.8 Å². The van der Waals surface area contributed by atoms with Gasteiger partial charge in [-0.05, 0) is 18.2 Å². The summed E-state index contributed by atoms with van der Waals surface area (Å²) in [6.45, 7) is 4.16. The molecule has 0 fully saturated rings. The third kappa shape index (κ3) is 1.95. The SMILES string of the molecule is CSc1nc(C(C)C)c2ccc(=O)[nH]c2n1. The lowest BCUT2D eigenvalue weighted by Gasteiger charge is -2.09. The second kappa shape index (κ2) is 4.25. The molecule has 0 amide bonds. The summed E-state index contributed by atoms with van der Waals surface area (Å²) in [5.41, 5.74) is 1.47. The van der Waals surface area contributed by atoms with Crippen LogP contribution in [0.5, 0.6) is 0 Å². The largest absolute Gasteiger partial charge is 0.306 e. The van der Waals surface area contributed by atoms with Gasteiger partial charge in [-0.3, -0.25) is 4.79 Å². The number of pyridine rings is 1. The highest BCUT2D eigenvalue weighted by Crippen LogP contribution is 2.22. The first-order valence-electron chi connectivity index (χ1n) is 5.06. The standard InChI is InChI=1S/C11H13N3OS/c1-6(2)9-7-4-5-8(15)12-10(7)14-11(13-9)16-3/h4-6H,1-3H3,(H,12,13,14,15). The van der Waals surface area contributed by atoms with Gasteiger partial charge in [0.25, 0.3) is 0 Å². The van der Waals surface area contributed by atoms with Crippen molar-refractivity contribution in [1.29, 1.82) is 0 Å². The van der Waals surface area contributed by atoms with Gasteiger partial charge in [0.1, 0.15) is 5.65 Å². The van der Waals surface area contributed by atoms with Gasteiger partial charge in [0.15, 0.2) is 5.16 Å². The fourth-order valence-electron chi connectivity index (χ4n) is 1.57. The highest BCUT2D eigenvalue weighted by atomic mass is 32.2. The molecule has 16 heavy (non-hydrogen) atoms. The third-order valence-electron chi connectivity index (χ3n) is 2.33. The van der Waals surface area contributed by atoms with Crippen LogP contribution in [0, 0.1) is 0 Å². The summed E-state index contributed by atoms with van der Waals surface area (Å²) >= 11 is 1.48. The van der Waals surface area contributed by atoms with Crippen LogP contribution in [0.3, 0.4) is 0 Å². The van der Waals surface area contributed by atoms with Gasteiger partial charge in [0.05, 0.1) is 5.69 Å². The molecular weight excluding hydrogens is 222 g/mol. The Morgan fingerprint density at radius 1 is 1.31 bits per heavy atom. The van der Waals surface area contributed by atoms with E-state index in [-0.39, 0.29) is 5.56 Å². The maximum atomic E-state index is 11.2. The van der Waals surface area contributed by atoms with E-state index in [1.807, 2.05) is 6.26 Å². The highest BCUT2D eigenvalue weighted by Gasteiger charge is 2.10. The van der Waals surface area contributed by atoms with E-state index < -0.39 is 0 Å². The first-order valence-corrected chi connectivity index (χ1v) is 6.29. The van der Waals surface area contributed by atoms with Crippen LogP contribution in [-0.2, 0) is 0 Å². The number of hydrogen-bond acceptors (Lipinski definition) is 4. The molecule has 0 aliphatic carbocycles. The smallest absolute Gasteiger partial charge is 0.249 e. The average molecular weight is 235 g/mol. The van der Waals surface area contributed by atoms with E-state index in [1.54, 1.807) is 6.07 Å². The minimum Gasteiger partial charge on any atom is -0.306 e. The van der Waals surface area contributed by atoms with Crippen LogP contribution in [0.25, 0.3) is 11.0 Å². The molecule has 4 nitrogen and oxygen atoms in total. The fraction of sp³-hybridized carbons (Fsp3) is 0.364. The number of thioether (sulfide) groups is 1. The quantitative estimate of drug-likeness (QED) is 0.640. The number of nitrogens with zero attached hydrogens (tertiary/aromatic N) is 2. The number of nitrogens with one attached hydrogen (secondary N) is 1. The summed E-state index contributed by atoms with van der Waals surface area (Å²) in [7, 11) is 0. The summed E-state index contributed by atoms with van der Waals surface area (Å²) in [6, 6.07) is 3.30. The molecule has 0 bridgehead atoms. The fourth-order valence-corrected chi connectivity index (χ4v) is 1.95. The predicted octanol–water partition coefficient (Wildman–Crippen LogP) is 2.16. The van der Waals surface area contributed by atoms with Crippen molar-refractivity contribution < 1.29 is 0 Å². The number of fused-ring (bicyclic) bond motifs is 1. The first kappa shape index (κ1) is 11.1. The molecule has 2 heterocycles. The van der Waals surface area contributed by atoms with Crippen LogP contribution in [0.1, 0.15) is 25.5 Å². The molecule has 1 N–H and O–H groups in total. The molecule has 5 heteroatoms. The van der Waals surface area contributed by atoms with E-state index in [4.69, 9.17) is 0 Å². The Bertz CT molecular complexity index is 577. The Kier molecular flexibility index (Phi) is 2.96. The lowest BCUT2D eigenvalue weighted by molar-refractivity contribution is 0.795. The van der Waals surface area contributed by atoms with Gasteiger partial charge in [0, 0.05) is 11.5 Å². The van der Waals surface area contributed by atoms with Crippen LogP contribution in [0.2, 0.25) is 0 Å². The van der Waals surface area contributed by atoms with E-state index in [0.717, 1.165) is 11.1 Å². The lowest BCUT2D eigenvalue weighted by atomic mass is 10.1. The zero-order chi connectivity index (χ0) is 11.7. The van der Waals surface area contributed by atoms with Gasteiger partial charge in [-0.25, -0.2) is 9.97 Å². The van der Waals surface area contributed by atoms with Crippen molar-refractivity contribution in [2.45, 2.75) is 24.9 Å². The molecule has 0 aliphatic heterocycles.